The average molecular weight is 215 g/mol. The summed E-state index contributed by atoms with van der Waals surface area (Å²) in [5.41, 5.74) is 1.82. The Balaban J connectivity index is 2.39. The molecule has 3 heteroatoms. The summed E-state index contributed by atoms with van der Waals surface area (Å²) < 4.78 is 5.13. The molecule has 0 aromatic heterocycles. The zero-order valence-corrected chi connectivity index (χ0v) is 9.31. The first-order chi connectivity index (χ1) is 7.66. The Morgan fingerprint density at radius 3 is 2.50 bits per heavy atom. The van der Waals surface area contributed by atoms with Crippen molar-refractivity contribution in [1.82, 2.24) is 4.90 Å². The van der Waals surface area contributed by atoms with Crippen molar-refractivity contribution in [2.45, 2.75) is 0 Å². The predicted molar refractivity (Wildman–Crippen MR) is 62.3 cm³/mol. The van der Waals surface area contributed by atoms with Crippen molar-refractivity contribution in [2.24, 2.45) is 0 Å². The van der Waals surface area contributed by atoms with Crippen LogP contribution in [0.15, 0.2) is 48.4 Å². The molecule has 1 aliphatic heterocycles. The largest absolute Gasteiger partial charge is 0.421 e. The van der Waals surface area contributed by atoms with Gasteiger partial charge in [-0.2, -0.15) is 0 Å². The molecule has 0 aliphatic carbocycles. The molecule has 3 nitrogen and oxygen atoms in total. The van der Waals surface area contributed by atoms with Gasteiger partial charge in [0, 0.05) is 31.9 Å². The highest BCUT2D eigenvalue weighted by Crippen LogP contribution is 2.29. The molecule has 1 heterocycles. The van der Waals surface area contributed by atoms with Crippen LogP contribution in [0.5, 0.6) is 0 Å². The van der Waals surface area contributed by atoms with Gasteiger partial charge in [0.1, 0.15) is 0 Å². The first kappa shape index (κ1) is 10.5. The highest BCUT2D eigenvalue weighted by atomic mass is 16.5. The van der Waals surface area contributed by atoms with Crippen LogP contribution in [0.4, 0.5) is 0 Å². The van der Waals surface area contributed by atoms with Gasteiger partial charge < -0.3 is 9.64 Å². The summed E-state index contributed by atoms with van der Waals surface area (Å²) in [6.45, 7) is 0. The van der Waals surface area contributed by atoms with Crippen LogP contribution in [0.3, 0.4) is 0 Å². The number of ether oxygens (including phenoxy) is 1. The lowest BCUT2D eigenvalue weighted by atomic mass is 10.1. The summed E-state index contributed by atoms with van der Waals surface area (Å²) in [6, 6.07) is 9.73. The third kappa shape index (κ3) is 2.14. The highest BCUT2D eigenvalue weighted by Gasteiger charge is 2.21. The van der Waals surface area contributed by atoms with Gasteiger partial charge in [0.05, 0.1) is 0 Å². The second kappa shape index (κ2) is 4.23. The van der Waals surface area contributed by atoms with Gasteiger partial charge in [0.25, 0.3) is 0 Å². The topological polar surface area (TPSA) is 29.5 Å². The van der Waals surface area contributed by atoms with E-state index in [2.05, 4.69) is 0 Å². The van der Waals surface area contributed by atoms with Gasteiger partial charge in [-0.3, -0.25) is 0 Å². The Morgan fingerprint density at radius 2 is 1.88 bits per heavy atom. The van der Waals surface area contributed by atoms with Crippen LogP contribution in [-0.2, 0) is 9.53 Å². The van der Waals surface area contributed by atoms with Crippen LogP contribution in [-0.4, -0.2) is 25.0 Å². The number of carbonyl (C=O) groups excluding carboxylic acids is 1. The van der Waals surface area contributed by atoms with E-state index in [4.69, 9.17) is 4.74 Å². The van der Waals surface area contributed by atoms with Crippen LogP contribution in [0, 0.1) is 0 Å². The third-order valence-corrected chi connectivity index (χ3v) is 2.20. The summed E-state index contributed by atoms with van der Waals surface area (Å²) >= 11 is 0. The lowest BCUT2D eigenvalue weighted by Crippen LogP contribution is -2.04. The molecule has 0 amide bonds. The molecular formula is C13H13NO2. The first-order valence-corrected chi connectivity index (χ1v) is 5.04. The number of esters is 1. The quantitative estimate of drug-likeness (QED) is 0.707. The van der Waals surface area contributed by atoms with Gasteiger partial charge in [-0.05, 0) is 5.56 Å². The number of benzene rings is 1. The maximum absolute atomic E-state index is 11.3. The molecule has 0 bridgehead atoms. The fourth-order valence-electron chi connectivity index (χ4n) is 1.56. The Morgan fingerprint density at radius 1 is 1.19 bits per heavy atom. The molecule has 0 radical (unpaired) electrons. The molecule has 1 aliphatic rings. The van der Waals surface area contributed by atoms with Crippen LogP contribution in [0.25, 0.3) is 5.57 Å². The molecule has 0 saturated heterocycles. The van der Waals surface area contributed by atoms with E-state index in [-0.39, 0.29) is 5.97 Å². The molecule has 1 aromatic rings. The van der Waals surface area contributed by atoms with Crippen molar-refractivity contribution in [2.75, 3.05) is 14.1 Å². The lowest BCUT2D eigenvalue weighted by Gasteiger charge is -2.09. The van der Waals surface area contributed by atoms with Crippen molar-refractivity contribution < 1.29 is 9.53 Å². The van der Waals surface area contributed by atoms with E-state index in [1.165, 1.54) is 6.08 Å². The summed E-state index contributed by atoms with van der Waals surface area (Å²) in [5, 5.41) is 0. The standard InChI is InChI=1S/C13H13NO2/c1-14(2)9-12-11(8-13(15)16-12)10-6-4-3-5-7-10/h3-9H,1-2H3. The lowest BCUT2D eigenvalue weighted by molar-refractivity contribution is -0.132. The summed E-state index contributed by atoms with van der Waals surface area (Å²) in [6.07, 6.45) is 3.31. The Labute approximate surface area is 94.6 Å². The van der Waals surface area contributed by atoms with Crippen molar-refractivity contribution >= 4 is 11.5 Å². The number of hydrogen-bond acceptors (Lipinski definition) is 3. The first-order valence-electron chi connectivity index (χ1n) is 5.04. The average Bonchev–Trinajstić information content (AvgIpc) is 2.60. The molecule has 0 N–H and O–H groups in total. The van der Waals surface area contributed by atoms with Gasteiger partial charge in [-0.1, -0.05) is 30.3 Å². The van der Waals surface area contributed by atoms with Crippen molar-refractivity contribution in [3.8, 4) is 0 Å². The molecule has 1 aromatic carbocycles. The molecule has 0 unspecified atom stereocenters. The maximum Gasteiger partial charge on any atom is 0.336 e. The molecule has 0 saturated carbocycles. The number of nitrogens with zero attached hydrogens (tertiary/aromatic N) is 1. The summed E-state index contributed by atoms with van der Waals surface area (Å²) in [5.74, 6) is 0.285. The molecule has 2 rings (SSSR count). The Bertz CT molecular complexity index is 458. The van der Waals surface area contributed by atoms with Crippen LogP contribution < -0.4 is 0 Å². The third-order valence-electron chi connectivity index (χ3n) is 2.20. The molecular weight excluding hydrogens is 202 g/mol. The molecule has 82 valence electrons. The SMILES string of the molecule is CN(C)C=C1OC(=O)C=C1c1ccccc1. The normalized spacial score (nSPS) is 17.2. The monoisotopic (exact) mass is 215 g/mol. The second-order valence-corrected chi connectivity index (χ2v) is 3.80. The molecule has 0 atom stereocenters. The number of cyclic esters (lactones) is 1. The van der Waals surface area contributed by atoms with Gasteiger partial charge >= 0.3 is 5.97 Å². The minimum absolute atomic E-state index is 0.313. The fraction of sp³-hybridized carbons (Fsp3) is 0.154. The summed E-state index contributed by atoms with van der Waals surface area (Å²) in [4.78, 5) is 13.1. The number of rotatable bonds is 2. The second-order valence-electron chi connectivity index (χ2n) is 3.80. The minimum atomic E-state index is -0.313. The van der Waals surface area contributed by atoms with E-state index in [1.54, 1.807) is 6.20 Å². The van der Waals surface area contributed by atoms with Gasteiger partial charge in [0.2, 0.25) is 0 Å². The van der Waals surface area contributed by atoms with Crippen molar-refractivity contribution in [1.29, 1.82) is 0 Å². The van der Waals surface area contributed by atoms with Gasteiger partial charge in [0.15, 0.2) is 5.76 Å². The summed E-state index contributed by atoms with van der Waals surface area (Å²) in [7, 11) is 3.78. The Kier molecular flexibility index (Phi) is 2.77. The van der Waals surface area contributed by atoms with E-state index in [9.17, 15) is 4.79 Å². The number of hydrogen-bond donors (Lipinski definition) is 0. The van der Waals surface area contributed by atoms with Crippen molar-refractivity contribution in [3.05, 3.63) is 53.9 Å². The predicted octanol–water partition coefficient (Wildman–Crippen LogP) is 2.03. The van der Waals surface area contributed by atoms with E-state index < -0.39 is 0 Å². The van der Waals surface area contributed by atoms with E-state index in [0.717, 1.165) is 11.1 Å². The van der Waals surface area contributed by atoms with Crippen molar-refractivity contribution in [3.63, 3.8) is 0 Å². The fourth-order valence-corrected chi connectivity index (χ4v) is 1.56. The molecule has 16 heavy (non-hydrogen) atoms. The van der Waals surface area contributed by atoms with E-state index >= 15 is 0 Å². The Hall–Kier alpha value is -2.03. The van der Waals surface area contributed by atoms with Gasteiger partial charge in [-0.25, -0.2) is 4.79 Å². The van der Waals surface area contributed by atoms with E-state index in [0.29, 0.717) is 5.76 Å². The maximum atomic E-state index is 11.3. The van der Waals surface area contributed by atoms with Gasteiger partial charge in [-0.15, -0.1) is 0 Å². The zero-order chi connectivity index (χ0) is 11.5. The molecule has 0 spiro atoms. The smallest absolute Gasteiger partial charge is 0.336 e. The number of allylic oxidation sites excluding steroid dienone is 1. The van der Waals surface area contributed by atoms with Crippen LogP contribution in [0.1, 0.15) is 5.56 Å². The zero-order valence-electron chi connectivity index (χ0n) is 9.31. The number of carbonyl (C=O) groups is 1. The minimum Gasteiger partial charge on any atom is -0.421 e. The highest BCUT2D eigenvalue weighted by molar-refractivity contribution is 6.01. The van der Waals surface area contributed by atoms with Crippen LogP contribution in [0.2, 0.25) is 0 Å². The van der Waals surface area contributed by atoms with E-state index in [1.807, 2.05) is 49.3 Å². The molecule has 0 fully saturated rings. The van der Waals surface area contributed by atoms with Crippen LogP contribution >= 0.6 is 0 Å².